The molecule has 26 heavy (non-hydrogen) atoms. The number of halogens is 1. The van der Waals surface area contributed by atoms with Gasteiger partial charge in [0.2, 0.25) is 0 Å². The number of guanidine groups is 1. The molecule has 0 unspecified atom stereocenters. The summed E-state index contributed by atoms with van der Waals surface area (Å²) < 4.78 is 5.28. The Kier molecular flexibility index (Phi) is 14.0. The van der Waals surface area contributed by atoms with Crippen LogP contribution in [-0.2, 0) is 4.74 Å². The monoisotopic (exact) mass is 482 g/mol. The number of aliphatic imine (C=N–C) groups is 1. The van der Waals surface area contributed by atoms with Gasteiger partial charge in [0.1, 0.15) is 0 Å². The number of methoxy groups -OCH3 is 1. The maximum atomic E-state index is 5.28. The van der Waals surface area contributed by atoms with E-state index in [0.717, 1.165) is 51.6 Å². The zero-order chi connectivity index (χ0) is 18.7. The summed E-state index contributed by atoms with van der Waals surface area (Å²) in [6.07, 6.45) is 6.18. The summed E-state index contributed by atoms with van der Waals surface area (Å²) in [6.45, 7) is 16.0. The molecule has 0 saturated heterocycles. The van der Waals surface area contributed by atoms with Gasteiger partial charge in [0.05, 0.1) is 0 Å². The Labute approximate surface area is 179 Å². The van der Waals surface area contributed by atoms with Gasteiger partial charge < -0.3 is 15.4 Å². The van der Waals surface area contributed by atoms with Gasteiger partial charge in [-0.05, 0) is 65.7 Å². The lowest BCUT2D eigenvalue weighted by Gasteiger charge is -2.40. The predicted octanol–water partition coefficient (Wildman–Crippen LogP) is 3.88. The van der Waals surface area contributed by atoms with E-state index in [0.29, 0.717) is 17.5 Å². The number of nitrogens with zero attached hydrogens (tertiary/aromatic N) is 2. The number of ether oxygens (including phenoxy) is 1. The third-order valence-electron chi connectivity index (χ3n) is 5.38. The van der Waals surface area contributed by atoms with Crippen molar-refractivity contribution in [2.24, 2.45) is 10.4 Å². The molecule has 0 aliphatic heterocycles. The highest BCUT2D eigenvalue weighted by Crippen LogP contribution is 2.44. The van der Waals surface area contributed by atoms with Crippen molar-refractivity contribution in [2.75, 3.05) is 39.9 Å². The molecular formula is C20H43IN4O. The zero-order valence-electron chi connectivity index (χ0n) is 17.9. The van der Waals surface area contributed by atoms with E-state index < -0.39 is 0 Å². The average Bonchev–Trinajstić information content (AvgIpc) is 2.52. The van der Waals surface area contributed by atoms with E-state index in [-0.39, 0.29) is 24.0 Å². The topological polar surface area (TPSA) is 48.9 Å². The summed E-state index contributed by atoms with van der Waals surface area (Å²) in [5, 5.41) is 6.90. The smallest absolute Gasteiger partial charge is 0.191 e. The second-order valence-corrected chi connectivity index (χ2v) is 8.00. The second-order valence-electron chi connectivity index (χ2n) is 8.00. The van der Waals surface area contributed by atoms with Crippen molar-refractivity contribution in [3.8, 4) is 0 Å². The fourth-order valence-electron chi connectivity index (χ4n) is 3.65. The highest BCUT2D eigenvalue weighted by atomic mass is 127. The van der Waals surface area contributed by atoms with Gasteiger partial charge in [-0.1, -0.05) is 6.42 Å². The average molecular weight is 482 g/mol. The highest BCUT2D eigenvalue weighted by molar-refractivity contribution is 14.0. The molecule has 5 nitrogen and oxygen atoms in total. The van der Waals surface area contributed by atoms with Crippen LogP contribution in [-0.4, -0.2) is 62.8 Å². The summed E-state index contributed by atoms with van der Waals surface area (Å²) in [5.41, 5.74) is 0.379. The maximum absolute atomic E-state index is 5.28. The first kappa shape index (κ1) is 25.9. The van der Waals surface area contributed by atoms with E-state index in [1.54, 1.807) is 7.11 Å². The molecule has 0 spiro atoms. The molecule has 1 aliphatic rings. The first-order valence-corrected chi connectivity index (χ1v) is 10.2. The van der Waals surface area contributed by atoms with E-state index in [9.17, 15) is 0 Å². The van der Waals surface area contributed by atoms with E-state index >= 15 is 0 Å². The van der Waals surface area contributed by atoms with Gasteiger partial charge in [-0.15, -0.1) is 24.0 Å². The van der Waals surface area contributed by atoms with Gasteiger partial charge in [0.25, 0.3) is 0 Å². The van der Waals surface area contributed by atoms with Crippen LogP contribution in [0.5, 0.6) is 0 Å². The van der Waals surface area contributed by atoms with Crippen LogP contribution < -0.4 is 10.6 Å². The summed E-state index contributed by atoms with van der Waals surface area (Å²) in [7, 11) is 1.79. The minimum Gasteiger partial charge on any atom is -0.385 e. The summed E-state index contributed by atoms with van der Waals surface area (Å²) in [6, 6.07) is 1.20. The molecule has 0 aromatic rings. The van der Waals surface area contributed by atoms with Crippen LogP contribution in [0.2, 0.25) is 0 Å². The first-order valence-electron chi connectivity index (χ1n) is 10.2. The standard InChI is InChI=1S/C20H42N4O.HI/c1-7-21-19(22-13-9-14-24(17(2)3)18(4)5)23-16-20(10-8-11-20)12-15-25-6;/h17-18H,7-16H2,1-6H3,(H2,21,22,23);1H. The lowest BCUT2D eigenvalue weighted by atomic mass is 9.67. The van der Waals surface area contributed by atoms with E-state index in [1.165, 1.54) is 19.3 Å². The van der Waals surface area contributed by atoms with Gasteiger partial charge in [-0.25, -0.2) is 0 Å². The van der Waals surface area contributed by atoms with Crippen molar-refractivity contribution in [3.05, 3.63) is 0 Å². The van der Waals surface area contributed by atoms with Crippen LogP contribution in [0.4, 0.5) is 0 Å². The molecule has 0 amide bonds. The molecule has 0 radical (unpaired) electrons. The molecule has 0 heterocycles. The summed E-state index contributed by atoms with van der Waals surface area (Å²) in [4.78, 5) is 7.41. The van der Waals surface area contributed by atoms with Crippen LogP contribution in [0, 0.1) is 5.41 Å². The molecular weight excluding hydrogens is 439 g/mol. The second kappa shape index (κ2) is 14.0. The SMILES string of the molecule is CCNC(=NCC1(CCOC)CCC1)NCCCN(C(C)C)C(C)C.I. The largest absolute Gasteiger partial charge is 0.385 e. The lowest BCUT2D eigenvalue weighted by Crippen LogP contribution is -2.42. The van der Waals surface area contributed by atoms with Crippen molar-refractivity contribution in [3.63, 3.8) is 0 Å². The Morgan fingerprint density at radius 2 is 1.81 bits per heavy atom. The Morgan fingerprint density at radius 3 is 2.27 bits per heavy atom. The normalized spacial score (nSPS) is 16.6. The Bertz CT molecular complexity index is 376. The molecule has 156 valence electrons. The molecule has 1 aliphatic carbocycles. The van der Waals surface area contributed by atoms with Crippen molar-refractivity contribution >= 4 is 29.9 Å². The Hall–Kier alpha value is -0.0800. The van der Waals surface area contributed by atoms with Gasteiger partial charge in [-0.2, -0.15) is 0 Å². The minimum atomic E-state index is 0. The lowest BCUT2D eigenvalue weighted by molar-refractivity contribution is 0.0778. The molecule has 1 rings (SSSR count). The quantitative estimate of drug-likeness (QED) is 0.192. The molecule has 1 saturated carbocycles. The molecule has 0 bridgehead atoms. The maximum Gasteiger partial charge on any atom is 0.191 e. The van der Waals surface area contributed by atoms with E-state index in [1.807, 2.05) is 0 Å². The number of hydrogen-bond acceptors (Lipinski definition) is 3. The van der Waals surface area contributed by atoms with Crippen LogP contribution >= 0.6 is 24.0 Å². The third kappa shape index (κ3) is 9.22. The number of hydrogen-bond donors (Lipinski definition) is 2. The zero-order valence-corrected chi connectivity index (χ0v) is 20.3. The van der Waals surface area contributed by atoms with Gasteiger partial charge >= 0.3 is 0 Å². The van der Waals surface area contributed by atoms with Crippen molar-refractivity contribution in [2.45, 2.75) is 78.8 Å². The summed E-state index contributed by atoms with van der Waals surface area (Å²) in [5.74, 6) is 0.965. The van der Waals surface area contributed by atoms with Gasteiger partial charge in [-0.3, -0.25) is 9.89 Å². The predicted molar refractivity (Wildman–Crippen MR) is 124 cm³/mol. The van der Waals surface area contributed by atoms with Crippen LogP contribution in [0.3, 0.4) is 0 Å². The molecule has 0 aromatic carbocycles. The Balaban J connectivity index is 0.00000625. The summed E-state index contributed by atoms with van der Waals surface area (Å²) >= 11 is 0. The van der Waals surface area contributed by atoms with E-state index in [2.05, 4.69) is 50.2 Å². The van der Waals surface area contributed by atoms with E-state index in [4.69, 9.17) is 9.73 Å². The first-order chi connectivity index (χ1) is 11.9. The van der Waals surface area contributed by atoms with Crippen molar-refractivity contribution in [1.82, 2.24) is 15.5 Å². The van der Waals surface area contributed by atoms with Crippen molar-refractivity contribution in [1.29, 1.82) is 0 Å². The fourth-order valence-corrected chi connectivity index (χ4v) is 3.65. The molecule has 1 fully saturated rings. The fraction of sp³-hybridized carbons (Fsp3) is 0.950. The number of nitrogens with one attached hydrogen (secondary N) is 2. The van der Waals surface area contributed by atoms with Gasteiger partial charge in [0.15, 0.2) is 5.96 Å². The molecule has 0 atom stereocenters. The Morgan fingerprint density at radius 1 is 1.15 bits per heavy atom. The molecule has 6 heteroatoms. The van der Waals surface area contributed by atoms with Crippen LogP contribution in [0.1, 0.15) is 66.7 Å². The van der Waals surface area contributed by atoms with Gasteiger partial charge in [0, 0.05) is 52.0 Å². The highest BCUT2D eigenvalue weighted by Gasteiger charge is 2.36. The number of rotatable bonds is 12. The molecule has 0 aromatic heterocycles. The van der Waals surface area contributed by atoms with Crippen LogP contribution in [0.25, 0.3) is 0 Å². The minimum absolute atomic E-state index is 0. The molecule has 2 N–H and O–H groups in total. The van der Waals surface area contributed by atoms with Crippen molar-refractivity contribution < 1.29 is 4.74 Å². The van der Waals surface area contributed by atoms with Crippen LogP contribution in [0.15, 0.2) is 4.99 Å². The third-order valence-corrected chi connectivity index (χ3v) is 5.38.